The second kappa shape index (κ2) is 6.94. The molecule has 0 aliphatic carbocycles. The molecule has 2 N–H and O–H groups in total. The van der Waals surface area contributed by atoms with Crippen molar-refractivity contribution in [2.45, 2.75) is 32.7 Å². The summed E-state index contributed by atoms with van der Waals surface area (Å²) in [5.41, 5.74) is 2.96. The van der Waals surface area contributed by atoms with Gasteiger partial charge in [0.25, 0.3) is 5.91 Å². The molecule has 1 fully saturated rings. The van der Waals surface area contributed by atoms with E-state index in [-0.39, 0.29) is 5.91 Å². The van der Waals surface area contributed by atoms with Crippen LogP contribution in [0.15, 0.2) is 18.2 Å². The third-order valence-corrected chi connectivity index (χ3v) is 4.47. The van der Waals surface area contributed by atoms with Gasteiger partial charge in [0.2, 0.25) is 0 Å². The summed E-state index contributed by atoms with van der Waals surface area (Å²) in [7, 11) is 3.85. The summed E-state index contributed by atoms with van der Waals surface area (Å²) in [6.45, 7) is 6.68. The van der Waals surface area contributed by atoms with Gasteiger partial charge in [-0.2, -0.15) is 0 Å². The van der Waals surface area contributed by atoms with Crippen LogP contribution < -0.4 is 10.6 Å². The Labute approximate surface area is 127 Å². The van der Waals surface area contributed by atoms with Crippen LogP contribution in [0.4, 0.5) is 5.69 Å². The van der Waals surface area contributed by atoms with Gasteiger partial charge in [-0.25, -0.2) is 0 Å². The first kappa shape index (κ1) is 15.8. The summed E-state index contributed by atoms with van der Waals surface area (Å²) in [5.74, 6) is 0.647. The lowest BCUT2D eigenvalue weighted by Crippen LogP contribution is -2.40. The molecule has 1 saturated heterocycles. The minimum Gasteiger partial charge on any atom is -0.382 e. The molecule has 0 bridgehead atoms. The number of hydrogen-bond acceptors (Lipinski definition) is 3. The molecule has 1 aliphatic heterocycles. The lowest BCUT2D eigenvalue weighted by Gasteiger charge is -2.34. The van der Waals surface area contributed by atoms with Gasteiger partial charge in [-0.3, -0.25) is 4.79 Å². The molecule has 21 heavy (non-hydrogen) atoms. The monoisotopic (exact) mass is 289 g/mol. The highest BCUT2D eigenvalue weighted by Gasteiger charge is 2.23. The van der Waals surface area contributed by atoms with Gasteiger partial charge in [-0.15, -0.1) is 0 Å². The van der Waals surface area contributed by atoms with Crippen LogP contribution >= 0.6 is 0 Å². The van der Waals surface area contributed by atoms with Crippen LogP contribution in [0, 0.1) is 12.8 Å². The fourth-order valence-corrected chi connectivity index (χ4v) is 3.09. The van der Waals surface area contributed by atoms with Crippen molar-refractivity contribution in [2.75, 3.05) is 32.5 Å². The summed E-state index contributed by atoms with van der Waals surface area (Å²) >= 11 is 0. The molecule has 4 heteroatoms. The number of amides is 1. The molecule has 1 aromatic rings. The predicted molar refractivity (Wildman–Crippen MR) is 87.9 cm³/mol. The molecule has 1 heterocycles. The van der Waals surface area contributed by atoms with E-state index < -0.39 is 0 Å². The summed E-state index contributed by atoms with van der Waals surface area (Å²) < 4.78 is 0. The maximum atomic E-state index is 11.6. The minimum absolute atomic E-state index is 0.0356. The summed E-state index contributed by atoms with van der Waals surface area (Å²) in [6, 6.07) is 6.29. The molecule has 116 valence electrons. The van der Waals surface area contributed by atoms with Gasteiger partial charge in [0.1, 0.15) is 0 Å². The quantitative estimate of drug-likeness (QED) is 0.895. The van der Waals surface area contributed by atoms with E-state index in [4.69, 9.17) is 0 Å². The second-order valence-corrected chi connectivity index (χ2v) is 6.21. The van der Waals surface area contributed by atoms with Crippen LogP contribution in [0.3, 0.4) is 0 Å². The first-order valence-electron chi connectivity index (χ1n) is 7.79. The van der Waals surface area contributed by atoms with Crippen molar-refractivity contribution in [3.05, 3.63) is 29.3 Å². The number of anilines is 1. The zero-order valence-corrected chi connectivity index (χ0v) is 13.6. The van der Waals surface area contributed by atoms with E-state index in [9.17, 15) is 4.79 Å². The van der Waals surface area contributed by atoms with E-state index >= 15 is 0 Å². The molecule has 1 aliphatic rings. The summed E-state index contributed by atoms with van der Waals surface area (Å²) in [6.07, 6.45) is 2.57. The van der Waals surface area contributed by atoms with Crippen LogP contribution in [0.5, 0.6) is 0 Å². The number of likely N-dealkylation sites (tertiary alicyclic amines) is 1. The normalized spacial score (nSPS) is 20.9. The highest BCUT2D eigenvalue weighted by Crippen LogP contribution is 2.24. The van der Waals surface area contributed by atoms with Gasteiger partial charge in [0.05, 0.1) is 0 Å². The highest BCUT2D eigenvalue weighted by atomic mass is 16.1. The number of benzene rings is 1. The van der Waals surface area contributed by atoms with Gasteiger partial charge >= 0.3 is 0 Å². The van der Waals surface area contributed by atoms with Crippen molar-refractivity contribution in [3.63, 3.8) is 0 Å². The Morgan fingerprint density at radius 2 is 2.19 bits per heavy atom. The number of hydrogen-bond donors (Lipinski definition) is 2. The molecule has 1 amide bonds. The SMILES string of the molecule is CNC(=O)c1ccc(NC(C)C2CCCN(C)C2)c(C)c1. The Morgan fingerprint density at radius 1 is 1.43 bits per heavy atom. The summed E-state index contributed by atoms with van der Waals surface area (Å²) in [4.78, 5) is 14.1. The average molecular weight is 289 g/mol. The third-order valence-electron chi connectivity index (χ3n) is 4.47. The molecule has 2 unspecified atom stereocenters. The number of rotatable bonds is 4. The van der Waals surface area contributed by atoms with Crippen molar-refractivity contribution in [1.29, 1.82) is 0 Å². The Morgan fingerprint density at radius 3 is 2.81 bits per heavy atom. The van der Waals surface area contributed by atoms with Crippen molar-refractivity contribution >= 4 is 11.6 Å². The molecule has 0 radical (unpaired) electrons. The predicted octanol–water partition coefficient (Wildman–Crippen LogP) is 2.50. The standard InChI is InChI=1S/C17H27N3O/c1-12-10-14(17(21)18-3)7-8-16(12)19-13(2)15-6-5-9-20(4)11-15/h7-8,10,13,15,19H,5-6,9,11H2,1-4H3,(H,18,21). The zero-order chi connectivity index (χ0) is 15.4. The molecule has 2 atom stereocenters. The van der Waals surface area contributed by atoms with Crippen molar-refractivity contribution in [3.8, 4) is 0 Å². The van der Waals surface area contributed by atoms with Gasteiger partial charge in [-0.05, 0) is 70.0 Å². The van der Waals surface area contributed by atoms with E-state index in [2.05, 4.69) is 36.4 Å². The number of nitrogens with one attached hydrogen (secondary N) is 2. The van der Waals surface area contributed by atoms with Crippen molar-refractivity contribution < 1.29 is 4.79 Å². The largest absolute Gasteiger partial charge is 0.382 e. The molecular formula is C17H27N3O. The molecule has 1 aromatic carbocycles. The fraction of sp³-hybridized carbons (Fsp3) is 0.588. The lowest BCUT2D eigenvalue weighted by molar-refractivity contribution is 0.0963. The van der Waals surface area contributed by atoms with Gasteiger partial charge in [0, 0.05) is 30.9 Å². The summed E-state index contributed by atoms with van der Waals surface area (Å²) in [5, 5.41) is 6.29. The minimum atomic E-state index is -0.0356. The van der Waals surface area contributed by atoms with Gasteiger partial charge in [0.15, 0.2) is 0 Å². The van der Waals surface area contributed by atoms with E-state index in [1.807, 2.05) is 18.2 Å². The number of carbonyl (C=O) groups is 1. The molecule has 0 spiro atoms. The van der Waals surface area contributed by atoms with E-state index in [0.29, 0.717) is 17.5 Å². The van der Waals surface area contributed by atoms with Crippen molar-refractivity contribution in [1.82, 2.24) is 10.2 Å². The first-order valence-corrected chi connectivity index (χ1v) is 7.79. The molecule has 0 saturated carbocycles. The Balaban J connectivity index is 2.03. The van der Waals surface area contributed by atoms with Crippen LogP contribution in [-0.4, -0.2) is 44.0 Å². The smallest absolute Gasteiger partial charge is 0.251 e. The molecule has 4 nitrogen and oxygen atoms in total. The Kier molecular flexibility index (Phi) is 5.23. The maximum Gasteiger partial charge on any atom is 0.251 e. The zero-order valence-electron chi connectivity index (χ0n) is 13.6. The van der Waals surface area contributed by atoms with Gasteiger partial charge < -0.3 is 15.5 Å². The Bertz CT molecular complexity index is 501. The van der Waals surface area contributed by atoms with E-state index in [1.165, 1.54) is 19.4 Å². The fourth-order valence-electron chi connectivity index (χ4n) is 3.09. The van der Waals surface area contributed by atoms with Crippen LogP contribution in [-0.2, 0) is 0 Å². The maximum absolute atomic E-state index is 11.6. The molecule has 0 aromatic heterocycles. The van der Waals surface area contributed by atoms with E-state index in [1.54, 1.807) is 7.05 Å². The van der Waals surface area contributed by atoms with Crippen LogP contribution in [0.2, 0.25) is 0 Å². The average Bonchev–Trinajstić information content (AvgIpc) is 2.48. The highest BCUT2D eigenvalue weighted by molar-refractivity contribution is 5.94. The Hall–Kier alpha value is -1.55. The molecular weight excluding hydrogens is 262 g/mol. The molecule has 2 rings (SSSR count). The topological polar surface area (TPSA) is 44.4 Å². The van der Waals surface area contributed by atoms with Gasteiger partial charge in [-0.1, -0.05) is 0 Å². The van der Waals surface area contributed by atoms with E-state index in [0.717, 1.165) is 17.8 Å². The number of aryl methyl sites for hydroxylation is 1. The van der Waals surface area contributed by atoms with Crippen molar-refractivity contribution in [2.24, 2.45) is 5.92 Å². The number of piperidine rings is 1. The first-order chi connectivity index (χ1) is 10.0. The number of carbonyl (C=O) groups excluding carboxylic acids is 1. The van der Waals surface area contributed by atoms with Crippen LogP contribution in [0.25, 0.3) is 0 Å². The van der Waals surface area contributed by atoms with Crippen LogP contribution in [0.1, 0.15) is 35.7 Å². The lowest BCUT2D eigenvalue weighted by atomic mass is 9.91. The number of nitrogens with zero attached hydrogens (tertiary/aromatic N) is 1. The third kappa shape index (κ3) is 3.97. The second-order valence-electron chi connectivity index (χ2n) is 6.21.